The molecule has 0 spiro atoms. The number of pyridine rings is 2. The molecule has 31 heavy (non-hydrogen) atoms. The molecule has 4 rings (SSSR count). The number of hydrogen-bond acceptors (Lipinski definition) is 6. The number of rotatable bonds is 6. The molecule has 2 aromatic heterocycles. The Labute approximate surface area is 189 Å². The Balaban J connectivity index is 1.77. The maximum Gasteiger partial charge on any atom is 0.260 e. The standard InChI is InChI=1S/C22H21BrN4O3S/c1-31(29,30)21-20(3-2-10-25-21)27(13-14-4-8-17(23)18(24)11-14)22(28)16-7-9-19(26-12-16)15-5-6-15/h2-4,7-12,15H,5-6,13,24H2,1H3. The van der Waals surface area contributed by atoms with E-state index in [4.69, 9.17) is 5.73 Å². The van der Waals surface area contributed by atoms with E-state index >= 15 is 0 Å². The average Bonchev–Trinajstić information content (AvgIpc) is 3.59. The van der Waals surface area contributed by atoms with Gasteiger partial charge < -0.3 is 10.6 Å². The second-order valence-corrected chi connectivity index (χ2v) is 10.4. The van der Waals surface area contributed by atoms with E-state index < -0.39 is 9.84 Å². The third-order valence-corrected chi connectivity index (χ3v) is 6.81. The first kappa shape index (κ1) is 21.5. The molecule has 3 aromatic rings. The number of carbonyl (C=O) groups is 1. The second kappa shape index (κ2) is 8.39. The molecule has 0 bridgehead atoms. The molecule has 0 saturated heterocycles. The Morgan fingerprint density at radius 2 is 1.97 bits per heavy atom. The van der Waals surface area contributed by atoms with E-state index in [-0.39, 0.29) is 23.2 Å². The Hall–Kier alpha value is -2.78. The zero-order valence-electron chi connectivity index (χ0n) is 16.8. The molecule has 0 aliphatic heterocycles. The van der Waals surface area contributed by atoms with Gasteiger partial charge in [-0.25, -0.2) is 13.4 Å². The summed E-state index contributed by atoms with van der Waals surface area (Å²) in [6.45, 7) is 0.120. The first-order valence-electron chi connectivity index (χ1n) is 9.71. The third-order valence-electron chi connectivity index (χ3n) is 5.07. The van der Waals surface area contributed by atoms with Crippen molar-refractivity contribution in [3.8, 4) is 0 Å². The van der Waals surface area contributed by atoms with Crippen molar-refractivity contribution in [1.29, 1.82) is 0 Å². The predicted octanol–water partition coefficient (Wildman–Crippen LogP) is 3.95. The van der Waals surface area contributed by atoms with E-state index in [1.807, 2.05) is 12.1 Å². The van der Waals surface area contributed by atoms with Crippen LogP contribution in [0.4, 0.5) is 11.4 Å². The summed E-state index contributed by atoms with van der Waals surface area (Å²) >= 11 is 3.36. The van der Waals surface area contributed by atoms with Crippen LogP contribution in [0.5, 0.6) is 0 Å². The summed E-state index contributed by atoms with van der Waals surface area (Å²) in [5.41, 5.74) is 8.83. The number of nitrogens with two attached hydrogens (primary N) is 1. The van der Waals surface area contributed by atoms with E-state index in [0.717, 1.165) is 34.8 Å². The SMILES string of the molecule is CS(=O)(=O)c1ncccc1N(Cc1ccc(Br)c(N)c1)C(=O)c1ccc(C2CC2)nc1. The van der Waals surface area contributed by atoms with E-state index in [0.29, 0.717) is 17.2 Å². The molecule has 7 nitrogen and oxygen atoms in total. The summed E-state index contributed by atoms with van der Waals surface area (Å²) in [5.74, 6) is 0.107. The monoisotopic (exact) mass is 500 g/mol. The smallest absolute Gasteiger partial charge is 0.260 e. The van der Waals surface area contributed by atoms with Crippen LogP contribution in [0.15, 0.2) is 64.4 Å². The molecule has 160 valence electrons. The minimum absolute atomic E-state index is 0.120. The largest absolute Gasteiger partial charge is 0.398 e. The van der Waals surface area contributed by atoms with Crippen LogP contribution in [0.2, 0.25) is 0 Å². The maximum atomic E-state index is 13.5. The van der Waals surface area contributed by atoms with Gasteiger partial charge in [0.2, 0.25) is 0 Å². The number of nitrogen functional groups attached to an aromatic ring is 1. The normalized spacial score (nSPS) is 13.7. The lowest BCUT2D eigenvalue weighted by Gasteiger charge is -2.24. The van der Waals surface area contributed by atoms with Crippen LogP contribution in [-0.4, -0.2) is 30.5 Å². The average molecular weight is 501 g/mol. The summed E-state index contributed by atoms with van der Waals surface area (Å²) in [5, 5.41) is -0.156. The molecule has 1 fully saturated rings. The molecule has 1 saturated carbocycles. The molecule has 9 heteroatoms. The Bertz CT molecular complexity index is 1240. The van der Waals surface area contributed by atoms with E-state index in [2.05, 4.69) is 25.9 Å². The van der Waals surface area contributed by atoms with Crippen molar-refractivity contribution in [3.63, 3.8) is 0 Å². The van der Waals surface area contributed by atoms with Gasteiger partial charge in [-0.05, 0) is 70.7 Å². The molecule has 0 atom stereocenters. The molecule has 1 aromatic carbocycles. The number of amides is 1. The van der Waals surface area contributed by atoms with Crippen LogP contribution < -0.4 is 10.6 Å². The second-order valence-electron chi connectivity index (χ2n) is 7.59. The van der Waals surface area contributed by atoms with Crippen LogP contribution >= 0.6 is 15.9 Å². The van der Waals surface area contributed by atoms with Crippen LogP contribution in [0.3, 0.4) is 0 Å². The summed E-state index contributed by atoms with van der Waals surface area (Å²) < 4.78 is 25.5. The van der Waals surface area contributed by atoms with Gasteiger partial charge in [0.25, 0.3) is 5.91 Å². The van der Waals surface area contributed by atoms with Crippen molar-refractivity contribution in [2.45, 2.75) is 30.3 Å². The molecular formula is C22H21BrN4O3S. The van der Waals surface area contributed by atoms with Crippen LogP contribution in [0.25, 0.3) is 0 Å². The number of sulfone groups is 1. The summed E-state index contributed by atoms with van der Waals surface area (Å²) in [4.78, 5) is 23.4. The molecule has 1 aliphatic rings. The fraction of sp³-hybridized carbons (Fsp3) is 0.227. The summed E-state index contributed by atoms with van der Waals surface area (Å²) in [6.07, 6.45) is 6.25. The zero-order chi connectivity index (χ0) is 22.2. The summed E-state index contributed by atoms with van der Waals surface area (Å²) in [7, 11) is -3.66. The van der Waals surface area contributed by atoms with Crippen molar-refractivity contribution < 1.29 is 13.2 Å². The Morgan fingerprint density at radius 3 is 2.58 bits per heavy atom. The van der Waals surface area contributed by atoms with E-state index in [1.165, 1.54) is 11.1 Å². The number of aromatic nitrogens is 2. The van der Waals surface area contributed by atoms with Crippen LogP contribution in [0, 0.1) is 0 Å². The molecule has 2 heterocycles. The number of anilines is 2. The van der Waals surface area contributed by atoms with Gasteiger partial charge >= 0.3 is 0 Å². The van der Waals surface area contributed by atoms with E-state index in [1.54, 1.807) is 36.5 Å². The molecule has 0 unspecified atom stereocenters. The lowest BCUT2D eigenvalue weighted by Crippen LogP contribution is -2.32. The highest BCUT2D eigenvalue weighted by Gasteiger charge is 2.28. The lowest BCUT2D eigenvalue weighted by atomic mass is 10.1. The molecule has 2 N–H and O–H groups in total. The first-order chi connectivity index (χ1) is 14.7. The number of benzene rings is 1. The molecular weight excluding hydrogens is 480 g/mol. The van der Waals surface area contributed by atoms with Crippen molar-refractivity contribution in [3.05, 3.63) is 76.2 Å². The van der Waals surface area contributed by atoms with E-state index in [9.17, 15) is 13.2 Å². The van der Waals surface area contributed by atoms with Gasteiger partial charge in [-0.15, -0.1) is 0 Å². The van der Waals surface area contributed by atoms with Crippen LogP contribution in [-0.2, 0) is 16.4 Å². The number of carbonyl (C=O) groups excluding carboxylic acids is 1. The van der Waals surface area contributed by atoms with Gasteiger partial charge in [-0.2, -0.15) is 0 Å². The number of halogens is 1. The van der Waals surface area contributed by atoms with Gasteiger partial charge in [-0.3, -0.25) is 9.78 Å². The molecule has 1 amide bonds. The number of nitrogens with zero attached hydrogens (tertiary/aromatic N) is 3. The van der Waals surface area contributed by atoms with Crippen molar-refractivity contribution in [2.75, 3.05) is 16.9 Å². The highest BCUT2D eigenvalue weighted by molar-refractivity contribution is 9.10. The minimum Gasteiger partial charge on any atom is -0.398 e. The molecule has 1 aliphatic carbocycles. The van der Waals surface area contributed by atoms with Gasteiger partial charge in [0.05, 0.1) is 17.8 Å². The minimum atomic E-state index is -3.66. The zero-order valence-corrected chi connectivity index (χ0v) is 19.2. The predicted molar refractivity (Wildman–Crippen MR) is 123 cm³/mol. The Kier molecular flexibility index (Phi) is 5.81. The topological polar surface area (TPSA) is 106 Å². The fourth-order valence-electron chi connectivity index (χ4n) is 3.32. The maximum absolute atomic E-state index is 13.5. The highest BCUT2D eigenvalue weighted by atomic mass is 79.9. The Morgan fingerprint density at radius 1 is 1.19 bits per heavy atom. The van der Waals surface area contributed by atoms with Crippen molar-refractivity contribution in [1.82, 2.24) is 9.97 Å². The van der Waals surface area contributed by atoms with Crippen molar-refractivity contribution >= 4 is 43.0 Å². The van der Waals surface area contributed by atoms with Gasteiger partial charge in [0, 0.05) is 40.4 Å². The molecule has 0 radical (unpaired) electrons. The highest BCUT2D eigenvalue weighted by Crippen LogP contribution is 2.38. The van der Waals surface area contributed by atoms with Crippen LogP contribution in [0.1, 0.15) is 40.4 Å². The van der Waals surface area contributed by atoms with Gasteiger partial charge in [0.1, 0.15) is 0 Å². The summed E-state index contributed by atoms with van der Waals surface area (Å²) in [6, 6.07) is 12.1. The van der Waals surface area contributed by atoms with Gasteiger partial charge in [-0.1, -0.05) is 6.07 Å². The van der Waals surface area contributed by atoms with Crippen molar-refractivity contribution in [2.24, 2.45) is 0 Å². The quantitative estimate of drug-likeness (QED) is 0.513. The number of hydrogen-bond donors (Lipinski definition) is 1. The van der Waals surface area contributed by atoms with Gasteiger partial charge in [0.15, 0.2) is 14.9 Å². The lowest BCUT2D eigenvalue weighted by molar-refractivity contribution is 0.0984. The fourth-order valence-corrected chi connectivity index (χ4v) is 4.38. The first-order valence-corrected chi connectivity index (χ1v) is 12.4. The third kappa shape index (κ3) is 4.77.